The maximum absolute atomic E-state index is 13.1. The Bertz CT molecular complexity index is 1010. The van der Waals surface area contributed by atoms with Crippen LogP contribution in [0.2, 0.25) is 0 Å². The number of hydrogen-bond acceptors (Lipinski definition) is 3. The summed E-state index contributed by atoms with van der Waals surface area (Å²) in [6, 6.07) is 8.75. The number of carbonyl (C=O) groups is 1. The molecule has 1 aliphatic rings. The molecular formula is C26H29FN2O2. The van der Waals surface area contributed by atoms with Crippen LogP contribution in [-0.4, -0.2) is 34.0 Å². The van der Waals surface area contributed by atoms with Crippen LogP contribution in [-0.2, 0) is 6.61 Å². The molecular weight excluding hydrogens is 391 g/mol. The molecule has 1 N–H and O–H groups in total. The van der Waals surface area contributed by atoms with E-state index >= 15 is 0 Å². The summed E-state index contributed by atoms with van der Waals surface area (Å²) in [4.78, 5) is 18.4. The van der Waals surface area contributed by atoms with Crippen LogP contribution in [0.25, 0.3) is 5.57 Å². The number of nitrogens with zero attached hydrogens (tertiary/aromatic N) is 2. The second kappa shape index (κ2) is 9.84. The number of carbonyl (C=O) groups excluding carboxylic acids is 1. The molecule has 1 fully saturated rings. The van der Waals surface area contributed by atoms with E-state index in [1.54, 1.807) is 11.0 Å². The number of halogens is 1. The lowest BCUT2D eigenvalue weighted by molar-refractivity contribution is 0.0785. The molecule has 31 heavy (non-hydrogen) atoms. The molecule has 162 valence electrons. The van der Waals surface area contributed by atoms with E-state index < -0.39 is 5.82 Å². The van der Waals surface area contributed by atoms with Gasteiger partial charge in [-0.1, -0.05) is 51.3 Å². The van der Waals surface area contributed by atoms with Gasteiger partial charge < -0.3 is 10.0 Å². The minimum absolute atomic E-state index is 0.0807. The second-order valence-corrected chi connectivity index (χ2v) is 8.17. The number of hydrogen-bond donors (Lipinski definition) is 1. The Hall–Kier alpha value is -3.05. The van der Waals surface area contributed by atoms with Crippen LogP contribution in [0.3, 0.4) is 0 Å². The van der Waals surface area contributed by atoms with Crippen molar-refractivity contribution in [2.45, 2.75) is 32.8 Å². The summed E-state index contributed by atoms with van der Waals surface area (Å²) in [6.07, 6.45) is 5.56. The summed E-state index contributed by atoms with van der Waals surface area (Å²) < 4.78 is 13.1. The van der Waals surface area contributed by atoms with Crippen molar-refractivity contribution in [1.82, 2.24) is 9.88 Å². The summed E-state index contributed by atoms with van der Waals surface area (Å²) in [5.74, 6) is -0.249. The molecule has 0 aliphatic carbocycles. The monoisotopic (exact) mass is 420 g/mol. The van der Waals surface area contributed by atoms with Crippen LogP contribution in [0.15, 0.2) is 67.4 Å². The first kappa shape index (κ1) is 22.6. The molecule has 0 radical (unpaired) electrons. The van der Waals surface area contributed by atoms with Crippen molar-refractivity contribution in [2.75, 3.05) is 13.1 Å². The topological polar surface area (TPSA) is 53.4 Å². The van der Waals surface area contributed by atoms with Crippen molar-refractivity contribution in [3.8, 4) is 0 Å². The number of aromatic nitrogens is 1. The quantitative estimate of drug-likeness (QED) is 0.632. The minimum atomic E-state index is -0.464. The first-order valence-electron chi connectivity index (χ1n) is 10.5. The number of amides is 1. The molecule has 1 aliphatic heterocycles. The SMILES string of the molecule is C=C/C=C(\C(=C)C(C)C)c1ccc(C2CCN(C(=O)c3ccc(F)cn3)C2)c(CO)c1. The number of benzene rings is 1. The van der Waals surface area contributed by atoms with E-state index in [-0.39, 0.29) is 30.0 Å². The third-order valence-electron chi connectivity index (χ3n) is 5.81. The number of rotatable bonds is 7. The Balaban J connectivity index is 1.83. The lowest BCUT2D eigenvalue weighted by Crippen LogP contribution is -2.29. The fraction of sp³-hybridized carbons (Fsp3) is 0.308. The molecule has 3 rings (SSSR count). The third kappa shape index (κ3) is 5.00. The summed E-state index contributed by atoms with van der Waals surface area (Å²) in [5, 5.41) is 10.1. The van der Waals surface area contributed by atoms with Gasteiger partial charge in [-0.3, -0.25) is 4.79 Å². The summed E-state index contributed by atoms with van der Waals surface area (Å²) >= 11 is 0. The van der Waals surface area contributed by atoms with Gasteiger partial charge in [0.25, 0.3) is 5.91 Å². The van der Waals surface area contributed by atoms with Gasteiger partial charge in [-0.15, -0.1) is 0 Å². The fourth-order valence-corrected chi connectivity index (χ4v) is 3.99. The molecule has 2 heterocycles. The highest BCUT2D eigenvalue weighted by Crippen LogP contribution is 2.34. The molecule has 1 aromatic heterocycles. The Morgan fingerprint density at radius 2 is 2.13 bits per heavy atom. The van der Waals surface area contributed by atoms with Gasteiger partial charge in [-0.25, -0.2) is 9.37 Å². The largest absolute Gasteiger partial charge is 0.392 e. The van der Waals surface area contributed by atoms with E-state index in [4.69, 9.17) is 0 Å². The summed E-state index contributed by atoms with van der Waals surface area (Å²) in [5.41, 5.74) is 5.15. The van der Waals surface area contributed by atoms with Gasteiger partial charge in [0.1, 0.15) is 11.5 Å². The van der Waals surface area contributed by atoms with Crippen molar-refractivity contribution < 1.29 is 14.3 Å². The Morgan fingerprint density at radius 3 is 2.74 bits per heavy atom. The summed E-state index contributed by atoms with van der Waals surface area (Å²) in [7, 11) is 0. The van der Waals surface area contributed by atoms with Gasteiger partial charge in [0.15, 0.2) is 0 Å². The van der Waals surface area contributed by atoms with E-state index in [9.17, 15) is 14.3 Å². The van der Waals surface area contributed by atoms with Crippen LogP contribution in [0.5, 0.6) is 0 Å². The molecule has 0 saturated carbocycles. The van der Waals surface area contributed by atoms with Gasteiger partial charge in [0.05, 0.1) is 12.8 Å². The van der Waals surface area contributed by atoms with Gasteiger partial charge >= 0.3 is 0 Å². The zero-order valence-corrected chi connectivity index (χ0v) is 18.1. The van der Waals surface area contributed by atoms with Gasteiger partial charge in [-0.05, 0) is 58.4 Å². The Labute approximate surface area is 183 Å². The lowest BCUT2D eigenvalue weighted by Gasteiger charge is -2.20. The zero-order chi connectivity index (χ0) is 22.5. The maximum Gasteiger partial charge on any atom is 0.272 e. The van der Waals surface area contributed by atoms with E-state index in [0.29, 0.717) is 13.1 Å². The molecule has 0 spiro atoms. The maximum atomic E-state index is 13.1. The van der Waals surface area contributed by atoms with Crippen molar-refractivity contribution in [1.29, 1.82) is 0 Å². The normalized spacial score (nSPS) is 16.6. The average Bonchev–Trinajstić information content (AvgIpc) is 3.26. The van der Waals surface area contributed by atoms with E-state index in [2.05, 4.69) is 32.0 Å². The fourth-order valence-electron chi connectivity index (χ4n) is 3.99. The smallest absolute Gasteiger partial charge is 0.272 e. The first-order chi connectivity index (χ1) is 14.8. The number of aliphatic hydroxyl groups is 1. The molecule has 1 atom stereocenters. The zero-order valence-electron chi connectivity index (χ0n) is 18.1. The molecule has 2 aromatic rings. The van der Waals surface area contributed by atoms with Gasteiger partial charge in [-0.2, -0.15) is 0 Å². The molecule has 4 nitrogen and oxygen atoms in total. The molecule has 1 aromatic carbocycles. The lowest BCUT2D eigenvalue weighted by atomic mass is 9.87. The minimum Gasteiger partial charge on any atom is -0.392 e. The predicted molar refractivity (Wildman–Crippen MR) is 122 cm³/mol. The van der Waals surface area contributed by atoms with Gasteiger partial charge in [0, 0.05) is 19.0 Å². The Morgan fingerprint density at radius 1 is 1.35 bits per heavy atom. The van der Waals surface area contributed by atoms with Crippen LogP contribution in [0.1, 0.15) is 53.4 Å². The highest BCUT2D eigenvalue weighted by Gasteiger charge is 2.30. The van der Waals surface area contributed by atoms with Crippen molar-refractivity contribution in [3.63, 3.8) is 0 Å². The van der Waals surface area contributed by atoms with E-state index in [1.165, 1.54) is 12.1 Å². The van der Waals surface area contributed by atoms with Crippen LogP contribution in [0, 0.1) is 11.7 Å². The van der Waals surface area contributed by atoms with E-state index in [1.807, 2.05) is 24.3 Å². The average molecular weight is 421 g/mol. The number of allylic oxidation sites excluding steroid dienone is 4. The van der Waals surface area contributed by atoms with Crippen LogP contribution >= 0.6 is 0 Å². The highest BCUT2D eigenvalue weighted by atomic mass is 19.1. The van der Waals surface area contributed by atoms with Crippen molar-refractivity contribution >= 4 is 11.5 Å². The summed E-state index contributed by atoms with van der Waals surface area (Å²) in [6.45, 7) is 13.3. The number of pyridine rings is 1. The number of likely N-dealkylation sites (tertiary alicyclic amines) is 1. The van der Waals surface area contributed by atoms with Crippen LogP contribution in [0.4, 0.5) is 4.39 Å². The third-order valence-corrected chi connectivity index (χ3v) is 5.81. The molecule has 1 amide bonds. The second-order valence-electron chi connectivity index (χ2n) is 8.17. The molecule has 0 bridgehead atoms. The predicted octanol–water partition coefficient (Wildman–Crippen LogP) is 5.12. The molecule has 5 heteroatoms. The Kier molecular flexibility index (Phi) is 7.18. The molecule has 1 saturated heterocycles. The van der Waals surface area contributed by atoms with Crippen molar-refractivity contribution in [3.05, 3.63) is 95.6 Å². The highest BCUT2D eigenvalue weighted by molar-refractivity contribution is 5.92. The van der Waals surface area contributed by atoms with Crippen LogP contribution < -0.4 is 0 Å². The van der Waals surface area contributed by atoms with Gasteiger partial charge in [0.2, 0.25) is 0 Å². The van der Waals surface area contributed by atoms with Crippen molar-refractivity contribution in [2.24, 2.45) is 5.92 Å². The van der Waals surface area contributed by atoms with E-state index in [0.717, 1.165) is 40.5 Å². The standard InChI is InChI=1S/C26H29FN2O2/c1-5-6-23(18(4)17(2)3)19-7-9-24(21(13-19)16-30)20-11-12-29(15-20)26(31)25-10-8-22(27)14-28-25/h5-10,13-14,17,20,30H,1,4,11-12,15-16H2,2-3H3/b23-6+. The molecule has 1 unspecified atom stereocenters. The first-order valence-corrected chi connectivity index (χ1v) is 10.5. The number of aliphatic hydroxyl groups excluding tert-OH is 1.